The Morgan fingerprint density at radius 3 is 2.07 bits per heavy atom. The summed E-state index contributed by atoms with van der Waals surface area (Å²) in [5, 5.41) is 16.4. The lowest BCUT2D eigenvalue weighted by Gasteiger charge is -2.25. The van der Waals surface area contributed by atoms with Gasteiger partial charge in [0.25, 0.3) is 0 Å². The first-order chi connectivity index (χ1) is 25.9. The molecule has 288 valence electrons. The van der Waals surface area contributed by atoms with Crippen molar-refractivity contribution in [2.45, 2.75) is 78.4 Å². The number of aromatic nitrogens is 5. The van der Waals surface area contributed by atoms with Crippen LogP contribution in [-0.2, 0) is 17.8 Å². The number of fused-ring (bicyclic) bond motifs is 1. The summed E-state index contributed by atoms with van der Waals surface area (Å²) in [6, 6.07) is 19.3. The third-order valence-electron chi connectivity index (χ3n) is 8.45. The van der Waals surface area contributed by atoms with Crippen LogP contribution in [0, 0.1) is 0 Å². The van der Waals surface area contributed by atoms with Gasteiger partial charge in [-0.2, -0.15) is 4.98 Å². The maximum absolute atomic E-state index is 12.3. The van der Waals surface area contributed by atoms with Crippen LogP contribution in [0.4, 0.5) is 10.6 Å². The Labute approximate surface area is 316 Å². The second kappa shape index (κ2) is 17.9. The second-order valence-corrected chi connectivity index (χ2v) is 14.0. The topological polar surface area (TPSA) is 146 Å². The van der Waals surface area contributed by atoms with Crippen LogP contribution in [-0.4, -0.2) is 86.8 Å². The van der Waals surface area contributed by atoms with Crippen molar-refractivity contribution < 1.29 is 33.6 Å². The number of rotatable bonds is 17. The van der Waals surface area contributed by atoms with Gasteiger partial charge in [-0.3, -0.25) is 0 Å². The molecule has 0 spiro atoms. The molecule has 2 unspecified atom stereocenters. The van der Waals surface area contributed by atoms with E-state index in [1.807, 2.05) is 76.2 Å². The number of hydrogen-bond donors (Lipinski definition) is 1. The number of methoxy groups -OCH3 is 2. The molecule has 0 aliphatic rings. The van der Waals surface area contributed by atoms with E-state index in [1.54, 1.807) is 50.3 Å². The second-order valence-electron chi connectivity index (χ2n) is 14.0. The van der Waals surface area contributed by atoms with Crippen LogP contribution in [0.25, 0.3) is 5.65 Å². The molecular weight excluding hydrogens is 690 g/mol. The molecule has 0 bridgehead atoms. The van der Waals surface area contributed by atoms with Gasteiger partial charge in [0.05, 0.1) is 38.8 Å². The van der Waals surface area contributed by atoms with Crippen molar-refractivity contribution in [3.63, 3.8) is 0 Å². The van der Waals surface area contributed by atoms with E-state index < -0.39 is 17.8 Å². The monoisotopic (exact) mass is 741 g/mol. The van der Waals surface area contributed by atoms with E-state index in [0.717, 1.165) is 35.5 Å². The number of amides is 1. The number of anilines is 1. The largest absolute Gasteiger partial charge is 0.497 e. The highest BCUT2D eigenvalue weighted by Gasteiger charge is 2.25. The van der Waals surface area contributed by atoms with Gasteiger partial charge in [0.1, 0.15) is 29.8 Å². The standard InChI is InChI=1S/C40H51N7O7/c1-9-10-27(2)53-38-43-37(46(25-28-11-16-31(50-7)17-12-28)26-29-13-18-32(51-8)19-14-29)36-42-24-33(47(36)44-38)35(48)30-15-20-34(41-23-30)52-22-21-45(6)39(49)54-40(3,4)5/h11-20,23-24,27,35,48H,9-10,21-22,25-26H2,1-8H3. The molecule has 5 rings (SSSR count). The number of nitrogens with zero attached hydrogens (tertiary/aromatic N) is 7. The first-order valence-electron chi connectivity index (χ1n) is 18.0. The lowest BCUT2D eigenvalue weighted by Crippen LogP contribution is -2.36. The van der Waals surface area contributed by atoms with Crippen molar-refractivity contribution in [2.24, 2.45) is 0 Å². The smallest absolute Gasteiger partial charge is 0.410 e. The molecule has 0 aliphatic carbocycles. The summed E-state index contributed by atoms with van der Waals surface area (Å²) in [6.45, 7) is 11.0. The lowest BCUT2D eigenvalue weighted by atomic mass is 10.1. The number of aliphatic hydroxyl groups excluding tert-OH is 1. The van der Waals surface area contributed by atoms with Gasteiger partial charge >= 0.3 is 12.1 Å². The predicted octanol–water partition coefficient (Wildman–Crippen LogP) is 6.64. The molecule has 0 saturated heterocycles. The Morgan fingerprint density at radius 1 is 0.907 bits per heavy atom. The summed E-state index contributed by atoms with van der Waals surface area (Å²) in [5.74, 6) is 2.40. The number of benzene rings is 2. The minimum absolute atomic E-state index is 0.144. The minimum Gasteiger partial charge on any atom is -0.497 e. The number of ether oxygens (including phenoxy) is 5. The summed E-state index contributed by atoms with van der Waals surface area (Å²) in [4.78, 5) is 29.9. The van der Waals surface area contributed by atoms with Crippen LogP contribution < -0.4 is 23.8 Å². The average Bonchev–Trinajstić information content (AvgIpc) is 3.58. The van der Waals surface area contributed by atoms with E-state index in [-0.39, 0.29) is 18.7 Å². The maximum atomic E-state index is 12.3. The van der Waals surface area contributed by atoms with Crippen molar-refractivity contribution in [3.8, 4) is 23.4 Å². The number of likely N-dealkylation sites (N-methyl/N-ethyl adjacent to an activating group) is 1. The highest BCUT2D eigenvalue weighted by molar-refractivity contribution is 5.67. The molecule has 1 amide bonds. The molecule has 0 aliphatic heterocycles. The Hall–Kier alpha value is -5.63. The Balaban J connectivity index is 1.45. The van der Waals surface area contributed by atoms with Gasteiger partial charge in [-0.1, -0.05) is 37.6 Å². The van der Waals surface area contributed by atoms with E-state index in [0.29, 0.717) is 48.2 Å². The predicted molar refractivity (Wildman–Crippen MR) is 204 cm³/mol. The molecule has 5 aromatic rings. The van der Waals surface area contributed by atoms with E-state index in [1.165, 1.54) is 4.90 Å². The molecule has 0 fully saturated rings. The average molecular weight is 742 g/mol. The summed E-state index contributed by atoms with van der Waals surface area (Å²) >= 11 is 0. The zero-order valence-corrected chi connectivity index (χ0v) is 32.4. The van der Waals surface area contributed by atoms with E-state index >= 15 is 0 Å². The summed E-state index contributed by atoms with van der Waals surface area (Å²) < 4.78 is 29.8. The van der Waals surface area contributed by atoms with Crippen LogP contribution in [0.3, 0.4) is 0 Å². The van der Waals surface area contributed by atoms with E-state index in [9.17, 15) is 9.90 Å². The zero-order valence-electron chi connectivity index (χ0n) is 32.4. The normalized spacial score (nSPS) is 12.5. The molecule has 1 N–H and O–H groups in total. The Bertz CT molecular complexity index is 1900. The summed E-state index contributed by atoms with van der Waals surface area (Å²) in [5.41, 5.74) is 2.83. The molecule has 2 aromatic carbocycles. The highest BCUT2D eigenvalue weighted by Crippen LogP contribution is 2.30. The summed E-state index contributed by atoms with van der Waals surface area (Å²) in [7, 11) is 4.93. The van der Waals surface area contributed by atoms with E-state index in [4.69, 9.17) is 38.8 Å². The van der Waals surface area contributed by atoms with Gasteiger partial charge in [-0.25, -0.2) is 19.3 Å². The van der Waals surface area contributed by atoms with Crippen LogP contribution in [0.2, 0.25) is 0 Å². The molecule has 54 heavy (non-hydrogen) atoms. The van der Waals surface area contributed by atoms with Crippen LogP contribution >= 0.6 is 0 Å². The molecular formula is C40H51N7O7. The molecule has 0 radical (unpaired) electrons. The maximum Gasteiger partial charge on any atom is 0.410 e. The van der Waals surface area contributed by atoms with Gasteiger partial charge in [0.15, 0.2) is 11.5 Å². The highest BCUT2D eigenvalue weighted by atomic mass is 16.6. The van der Waals surface area contributed by atoms with Gasteiger partial charge in [0, 0.05) is 38.0 Å². The number of pyridine rings is 1. The molecule has 14 nitrogen and oxygen atoms in total. The third kappa shape index (κ3) is 10.5. The Kier molecular flexibility index (Phi) is 13.1. The van der Waals surface area contributed by atoms with Gasteiger partial charge in [0.2, 0.25) is 5.88 Å². The molecule has 3 aromatic heterocycles. The zero-order chi connectivity index (χ0) is 38.8. The Morgan fingerprint density at radius 2 is 1.54 bits per heavy atom. The minimum atomic E-state index is -1.14. The molecule has 2 atom stereocenters. The van der Waals surface area contributed by atoms with Crippen molar-refractivity contribution in [3.05, 3.63) is 95.4 Å². The molecule has 14 heteroatoms. The number of aliphatic hydroxyl groups is 1. The van der Waals surface area contributed by atoms with Gasteiger partial charge in [-0.05, 0) is 75.6 Å². The van der Waals surface area contributed by atoms with Crippen molar-refractivity contribution in [1.29, 1.82) is 0 Å². The fourth-order valence-corrected chi connectivity index (χ4v) is 5.60. The van der Waals surface area contributed by atoms with E-state index in [2.05, 4.69) is 16.8 Å². The number of carbonyl (C=O) groups is 1. The van der Waals surface area contributed by atoms with Gasteiger partial charge < -0.3 is 38.6 Å². The first kappa shape index (κ1) is 39.6. The number of carbonyl (C=O) groups excluding carboxylic acids is 1. The quantitative estimate of drug-likeness (QED) is 0.109. The third-order valence-corrected chi connectivity index (χ3v) is 8.45. The number of imidazole rings is 1. The first-order valence-corrected chi connectivity index (χ1v) is 18.0. The fraction of sp³-hybridized carbons (Fsp3) is 0.425. The lowest BCUT2D eigenvalue weighted by molar-refractivity contribution is 0.0277. The molecule has 0 saturated carbocycles. The van der Waals surface area contributed by atoms with Crippen molar-refractivity contribution in [1.82, 2.24) is 29.5 Å². The van der Waals surface area contributed by atoms with Crippen LogP contribution in [0.1, 0.15) is 75.9 Å². The van der Waals surface area contributed by atoms with Crippen LogP contribution in [0.15, 0.2) is 73.1 Å². The molecule has 3 heterocycles. The van der Waals surface area contributed by atoms with Crippen molar-refractivity contribution >= 4 is 17.6 Å². The number of hydrogen-bond acceptors (Lipinski definition) is 12. The van der Waals surface area contributed by atoms with Crippen LogP contribution in [0.5, 0.6) is 23.4 Å². The summed E-state index contributed by atoms with van der Waals surface area (Å²) in [6.07, 6.45) is 3.16. The SMILES string of the molecule is CCCC(C)Oc1nc(N(Cc2ccc(OC)cc2)Cc2ccc(OC)cc2)c2ncc(C(O)c3ccc(OCCN(C)C(=O)OC(C)(C)C)nc3)n2n1. The fourth-order valence-electron chi connectivity index (χ4n) is 5.60. The van der Waals surface area contributed by atoms with Gasteiger partial charge in [-0.15, -0.1) is 5.10 Å². The van der Waals surface area contributed by atoms with Crippen molar-refractivity contribution in [2.75, 3.05) is 39.3 Å².